The molecule has 0 aromatic carbocycles. The summed E-state index contributed by atoms with van der Waals surface area (Å²) in [7, 11) is 0. The Bertz CT molecular complexity index is 476. The fraction of sp³-hybridized carbons (Fsp3) is 0. The van der Waals surface area contributed by atoms with Gasteiger partial charge in [-0.05, 0) is 38.5 Å². The van der Waals surface area contributed by atoms with E-state index in [1.165, 1.54) is 0 Å². The van der Waals surface area contributed by atoms with Gasteiger partial charge in [-0.2, -0.15) is 0 Å². The molecule has 66 valence electrons. The van der Waals surface area contributed by atoms with Crippen molar-refractivity contribution in [1.82, 2.24) is 25.2 Å². The van der Waals surface area contributed by atoms with Gasteiger partial charge in [0.2, 0.25) is 0 Å². The number of nitrogens with one attached hydrogen (secondary N) is 1. The summed E-state index contributed by atoms with van der Waals surface area (Å²) >= 11 is 3.19. The third kappa shape index (κ3) is 1.50. The van der Waals surface area contributed by atoms with Crippen LogP contribution in [-0.2, 0) is 0 Å². The van der Waals surface area contributed by atoms with Gasteiger partial charge in [-0.25, -0.2) is 14.9 Å². The van der Waals surface area contributed by atoms with E-state index < -0.39 is 5.69 Å². The Hall–Kier alpha value is -1.50. The molecule has 13 heavy (non-hydrogen) atoms. The van der Waals surface area contributed by atoms with Crippen LogP contribution < -0.4 is 5.69 Å². The number of pyridine rings is 1. The summed E-state index contributed by atoms with van der Waals surface area (Å²) in [6.45, 7) is 0. The lowest BCUT2D eigenvalue weighted by Gasteiger charge is -1.95. The highest BCUT2D eigenvalue weighted by Gasteiger charge is 2.03. The van der Waals surface area contributed by atoms with Crippen molar-refractivity contribution in [3.05, 3.63) is 33.3 Å². The molecule has 2 aromatic rings. The molecule has 0 atom stereocenters. The predicted molar refractivity (Wildman–Crippen MR) is 47.5 cm³/mol. The largest absolute Gasteiger partial charge is 0.367 e. The second-order valence-electron chi connectivity index (χ2n) is 2.24. The lowest BCUT2D eigenvalue weighted by atomic mass is 10.5. The van der Waals surface area contributed by atoms with Crippen molar-refractivity contribution in [2.45, 2.75) is 0 Å². The average molecular weight is 242 g/mol. The molecular formula is C6H4BrN5O. The monoisotopic (exact) mass is 241 g/mol. The molecule has 2 rings (SSSR count). The number of aromatic amines is 1. The van der Waals surface area contributed by atoms with Gasteiger partial charge in [0.05, 0.1) is 0 Å². The summed E-state index contributed by atoms with van der Waals surface area (Å²) in [6.07, 6.45) is 0. The molecule has 2 aromatic heterocycles. The van der Waals surface area contributed by atoms with E-state index in [1.54, 1.807) is 18.2 Å². The van der Waals surface area contributed by atoms with Gasteiger partial charge >= 0.3 is 5.69 Å². The van der Waals surface area contributed by atoms with Crippen LogP contribution >= 0.6 is 15.9 Å². The molecule has 0 radical (unpaired) electrons. The lowest BCUT2D eigenvalue weighted by Crippen LogP contribution is -2.17. The van der Waals surface area contributed by atoms with Crippen LogP contribution in [-0.4, -0.2) is 25.2 Å². The number of hydrogen-bond acceptors (Lipinski definition) is 4. The van der Waals surface area contributed by atoms with E-state index in [0.717, 1.165) is 4.68 Å². The predicted octanol–water partition coefficient (Wildman–Crippen LogP) is 0.113. The minimum absolute atomic E-state index is 0.411. The lowest BCUT2D eigenvalue weighted by molar-refractivity contribution is 0.758. The van der Waals surface area contributed by atoms with Crippen LogP contribution in [0.4, 0.5) is 0 Å². The molecule has 0 amide bonds. The smallest absolute Gasteiger partial charge is 0.244 e. The Kier molecular flexibility index (Phi) is 1.93. The molecule has 0 aliphatic carbocycles. The average Bonchev–Trinajstić information content (AvgIpc) is 2.51. The minimum Gasteiger partial charge on any atom is -0.244 e. The molecule has 0 saturated heterocycles. The number of halogens is 1. The summed E-state index contributed by atoms with van der Waals surface area (Å²) in [4.78, 5) is 15.1. The number of nitrogens with zero attached hydrogens (tertiary/aromatic N) is 4. The van der Waals surface area contributed by atoms with Gasteiger partial charge in [-0.1, -0.05) is 6.07 Å². The van der Waals surface area contributed by atoms with E-state index in [1.807, 2.05) is 0 Å². The quantitative estimate of drug-likeness (QED) is 0.720. The normalized spacial score (nSPS) is 10.2. The summed E-state index contributed by atoms with van der Waals surface area (Å²) in [5.41, 5.74) is -0.411. The summed E-state index contributed by atoms with van der Waals surface area (Å²) in [6, 6.07) is 5.18. The first-order valence-electron chi connectivity index (χ1n) is 3.41. The molecule has 7 heteroatoms. The van der Waals surface area contributed by atoms with E-state index in [2.05, 4.69) is 36.4 Å². The fourth-order valence-electron chi connectivity index (χ4n) is 0.863. The van der Waals surface area contributed by atoms with Crippen LogP contribution in [0.15, 0.2) is 27.6 Å². The highest BCUT2D eigenvalue weighted by Crippen LogP contribution is 2.07. The maximum atomic E-state index is 11.1. The van der Waals surface area contributed by atoms with Gasteiger partial charge in [0.1, 0.15) is 4.60 Å². The molecule has 1 N–H and O–H groups in total. The first-order valence-corrected chi connectivity index (χ1v) is 4.20. The van der Waals surface area contributed by atoms with Crippen LogP contribution in [0.2, 0.25) is 0 Å². The van der Waals surface area contributed by atoms with Crippen LogP contribution in [0.25, 0.3) is 5.82 Å². The molecule has 0 saturated carbocycles. The Morgan fingerprint density at radius 1 is 1.46 bits per heavy atom. The van der Waals surface area contributed by atoms with E-state index in [0.29, 0.717) is 10.4 Å². The zero-order valence-corrected chi connectivity index (χ0v) is 7.89. The van der Waals surface area contributed by atoms with Crippen molar-refractivity contribution in [2.24, 2.45) is 0 Å². The number of tetrazole rings is 1. The van der Waals surface area contributed by atoms with Gasteiger partial charge in [-0.15, -0.1) is 4.68 Å². The van der Waals surface area contributed by atoms with Crippen molar-refractivity contribution >= 4 is 15.9 Å². The molecule has 0 spiro atoms. The molecule has 6 nitrogen and oxygen atoms in total. The summed E-state index contributed by atoms with van der Waals surface area (Å²) < 4.78 is 1.71. The van der Waals surface area contributed by atoms with Crippen molar-refractivity contribution in [3.63, 3.8) is 0 Å². The molecule has 2 heterocycles. The maximum absolute atomic E-state index is 11.1. The second-order valence-corrected chi connectivity index (χ2v) is 3.05. The van der Waals surface area contributed by atoms with Crippen LogP contribution in [0.1, 0.15) is 0 Å². The molecule has 0 aliphatic heterocycles. The van der Waals surface area contributed by atoms with E-state index in [4.69, 9.17) is 0 Å². The summed E-state index contributed by atoms with van der Waals surface area (Å²) in [5.74, 6) is 0.424. The number of rotatable bonds is 1. The number of aromatic nitrogens is 5. The molecular weight excluding hydrogens is 238 g/mol. The minimum atomic E-state index is -0.411. The van der Waals surface area contributed by atoms with Gasteiger partial charge in [0.15, 0.2) is 5.82 Å². The topological polar surface area (TPSA) is 76.5 Å². The van der Waals surface area contributed by atoms with E-state index >= 15 is 0 Å². The third-order valence-electron chi connectivity index (χ3n) is 1.39. The molecule has 0 unspecified atom stereocenters. The zero-order chi connectivity index (χ0) is 9.26. The first-order chi connectivity index (χ1) is 6.27. The number of H-pyrrole nitrogens is 1. The van der Waals surface area contributed by atoms with Gasteiger partial charge in [-0.3, -0.25) is 0 Å². The Balaban J connectivity index is 2.59. The van der Waals surface area contributed by atoms with Crippen LogP contribution in [0.3, 0.4) is 0 Å². The third-order valence-corrected chi connectivity index (χ3v) is 1.83. The Morgan fingerprint density at radius 3 is 2.92 bits per heavy atom. The van der Waals surface area contributed by atoms with Crippen molar-refractivity contribution < 1.29 is 0 Å². The highest BCUT2D eigenvalue weighted by molar-refractivity contribution is 9.10. The highest BCUT2D eigenvalue weighted by atomic mass is 79.9. The van der Waals surface area contributed by atoms with Crippen molar-refractivity contribution in [3.8, 4) is 5.82 Å². The standard InChI is InChI=1S/C6H4BrN5O/c7-4-2-1-3-5(8-4)12-6(13)9-10-11-12/h1-3H,(H,9,11,13). The number of hydrogen-bond donors (Lipinski definition) is 1. The Labute approximate surface area is 80.7 Å². The second kappa shape index (κ2) is 3.09. The SMILES string of the molecule is O=c1[nH]nnn1-c1cccc(Br)n1. The Morgan fingerprint density at radius 2 is 2.31 bits per heavy atom. The van der Waals surface area contributed by atoms with E-state index in [-0.39, 0.29) is 0 Å². The molecule has 0 bridgehead atoms. The van der Waals surface area contributed by atoms with Crippen molar-refractivity contribution in [2.75, 3.05) is 0 Å². The van der Waals surface area contributed by atoms with Crippen LogP contribution in [0, 0.1) is 0 Å². The van der Waals surface area contributed by atoms with Crippen LogP contribution in [0.5, 0.6) is 0 Å². The van der Waals surface area contributed by atoms with E-state index in [9.17, 15) is 4.79 Å². The first kappa shape index (κ1) is 8.11. The van der Waals surface area contributed by atoms with Crippen molar-refractivity contribution in [1.29, 1.82) is 0 Å². The fourth-order valence-corrected chi connectivity index (χ4v) is 1.20. The molecule has 0 fully saturated rings. The summed E-state index contributed by atoms with van der Waals surface area (Å²) in [5, 5.41) is 9.07. The van der Waals surface area contributed by atoms with Gasteiger partial charge in [0, 0.05) is 0 Å². The molecule has 0 aliphatic rings. The van der Waals surface area contributed by atoms with Gasteiger partial charge < -0.3 is 0 Å². The van der Waals surface area contributed by atoms with Gasteiger partial charge in [0.25, 0.3) is 0 Å². The zero-order valence-electron chi connectivity index (χ0n) is 6.31. The maximum Gasteiger partial charge on any atom is 0.367 e.